The van der Waals surface area contributed by atoms with Crippen molar-refractivity contribution in [1.82, 2.24) is 19.8 Å². The van der Waals surface area contributed by atoms with Gasteiger partial charge in [-0.2, -0.15) is 0 Å². The summed E-state index contributed by atoms with van der Waals surface area (Å²) in [5.74, 6) is 2.12. The highest BCUT2D eigenvalue weighted by Gasteiger charge is 2.54. The zero-order valence-corrected chi connectivity index (χ0v) is 19.4. The van der Waals surface area contributed by atoms with Crippen LogP contribution in [-0.2, 0) is 16.1 Å². The summed E-state index contributed by atoms with van der Waals surface area (Å²) in [7, 11) is 1.69. The van der Waals surface area contributed by atoms with Gasteiger partial charge in [0, 0.05) is 57.6 Å². The summed E-state index contributed by atoms with van der Waals surface area (Å²) >= 11 is 0. The lowest BCUT2D eigenvalue weighted by Crippen LogP contribution is -2.52. The van der Waals surface area contributed by atoms with Crippen LogP contribution in [0.5, 0.6) is 5.75 Å². The van der Waals surface area contributed by atoms with Crippen LogP contribution in [0.15, 0.2) is 42.7 Å². The van der Waals surface area contributed by atoms with Crippen molar-refractivity contribution in [2.24, 2.45) is 11.3 Å². The molecule has 3 fully saturated rings. The molecule has 2 aromatic rings. The number of hydrogen-bond acceptors (Lipinski definition) is 7. The van der Waals surface area contributed by atoms with Crippen molar-refractivity contribution in [1.29, 1.82) is 0 Å². The normalized spacial score (nSPS) is 26.0. The van der Waals surface area contributed by atoms with Crippen LogP contribution in [0.1, 0.15) is 18.4 Å². The Labute approximate surface area is 195 Å². The third-order valence-corrected chi connectivity index (χ3v) is 7.40. The number of methoxy groups -OCH3 is 1. The fraction of sp³-hybridized carbons (Fsp3) is 0.560. The van der Waals surface area contributed by atoms with Gasteiger partial charge in [-0.05, 0) is 43.1 Å². The van der Waals surface area contributed by atoms with Crippen LogP contribution in [0.25, 0.3) is 0 Å². The van der Waals surface area contributed by atoms with E-state index in [0.29, 0.717) is 38.8 Å². The molecule has 3 aliphatic rings. The van der Waals surface area contributed by atoms with Crippen LogP contribution in [0, 0.1) is 11.3 Å². The Balaban J connectivity index is 1.39. The predicted molar refractivity (Wildman–Crippen MR) is 125 cm³/mol. The van der Waals surface area contributed by atoms with Gasteiger partial charge in [-0.15, -0.1) is 0 Å². The van der Waals surface area contributed by atoms with E-state index in [1.165, 1.54) is 5.56 Å². The maximum absolute atomic E-state index is 14.0. The van der Waals surface area contributed by atoms with Gasteiger partial charge >= 0.3 is 0 Å². The number of fused-ring (bicyclic) bond motifs is 1. The lowest BCUT2D eigenvalue weighted by molar-refractivity contribution is -0.148. The number of carbonyl (C=O) groups excluding carboxylic acids is 1. The SMILES string of the molecule is COc1ccc(CN2CCC[C@]3(C(=O)N4CCOCC4)CN(c4ncccn4)C[C@@H]3C2)cc1. The summed E-state index contributed by atoms with van der Waals surface area (Å²) < 4.78 is 10.8. The number of carbonyl (C=O) groups is 1. The first-order chi connectivity index (χ1) is 16.2. The molecule has 1 aromatic carbocycles. The molecule has 0 aliphatic carbocycles. The number of benzene rings is 1. The predicted octanol–water partition coefficient (Wildman–Crippen LogP) is 2.06. The lowest BCUT2D eigenvalue weighted by atomic mass is 9.73. The minimum absolute atomic E-state index is 0.234. The number of amides is 1. The van der Waals surface area contributed by atoms with E-state index in [0.717, 1.165) is 50.7 Å². The van der Waals surface area contributed by atoms with E-state index >= 15 is 0 Å². The van der Waals surface area contributed by atoms with Gasteiger partial charge in [0.15, 0.2) is 0 Å². The number of ether oxygens (including phenoxy) is 2. The van der Waals surface area contributed by atoms with Crippen molar-refractivity contribution in [3.8, 4) is 5.75 Å². The van der Waals surface area contributed by atoms with Crippen molar-refractivity contribution in [3.05, 3.63) is 48.3 Å². The van der Waals surface area contributed by atoms with E-state index in [1.54, 1.807) is 19.5 Å². The second-order valence-electron chi connectivity index (χ2n) is 9.37. The van der Waals surface area contributed by atoms with Crippen LogP contribution in [-0.4, -0.2) is 85.3 Å². The molecular formula is C25H33N5O3. The van der Waals surface area contributed by atoms with Crippen LogP contribution < -0.4 is 9.64 Å². The van der Waals surface area contributed by atoms with Crippen molar-refractivity contribution in [3.63, 3.8) is 0 Å². The van der Waals surface area contributed by atoms with Gasteiger partial charge in [-0.3, -0.25) is 9.69 Å². The molecule has 3 aliphatic heterocycles. The molecule has 1 amide bonds. The van der Waals surface area contributed by atoms with E-state index < -0.39 is 5.41 Å². The first-order valence-corrected chi connectivity index (χ1v) is 11.9. The molecule has 33 heavy (non-hydrogen) atoms. The second kappa shape index (κ2) is 9.65. The molecule has 1 aromatic heterocycles. The van der Waals surface area contributed by atoms with Gasteiger partial charge in [-0.25, -0.2) is 9.97 Å². The summed E-state index contributed by atoms with van der Waals surface area (Å²) in [6.45, 7) is 6.89. The summed E-state index contributed by atoms with van der Waals surface area (Å²) in [5.41, 5.74) is 0.870. The quantitative estimate of drug-likeness (QED) is 0.689. The average Bonchev–Trinajstić information content (AvgIpc) is 3.15. The molecule has 0 N–H and O–H groups in total. The Morgan fingerprint density at radius 2 is 1.88 bits per heavy atom. The van der Waals surface area contributed by atoms with Crippen LogP contribution in [0.3, 0.4) is 0 Å². The Hall–Kier alpha value is -2.71. The molecule has 0 unspecified atom stereocenters. The number of hydrogen-bond donors (Lipinski definition) is 0. The number of nitrogens with zero attached hydrogens (tertiary/aromatic N) is 5. The van der Waals surface area contributed by atoms with Crippen molar-refractivity contribution in [2.75, 3.05) is 64.5 Å². The molecule has 0 spiro atoms. The lowest BCUT2D eigenvalue weighted by Gasteiger charge is -2.38. The van der Waals surface area contributed by atoms with Gasteiger partial charge in [0.1, 0.15) is 5.75 Å². The molecule has 8 heteroatoms. The molecule has 5 rings (SSSR count). The third kappa shape index (κ3) is 4.54. The smallest absolute Gasteiger partial charge is 0.231 e. The van der Waals surface area contributed by atoms with E-state index in [2.05, 4.69) is 31.9 Å². The fourth-order valence-electron chi connectivity index (χ4n) is 5.68. The number of aromatic nitrogens is 2. The molecular weight excluding hydrogens is 418 g/mol. The largest absolute Gasteiger partial charge is 0.497 e. The minimum Gasteiger partial charge on any atom is -0.497 e. The zero-order valence-electron chi connectivity index (χ0n) is 19.4. The monoisotopic (exact) mass is 451 g/mol. The van der Waals surface area contributed by atoms with E-state index in [1.807, 2.05) is 23.1 Å². The number of rotatable bonds is 5. The first-order valence-electron chi connectivity index (χ1n) is 11.9. The Morgan fingerprint density at radius 3 is 2.61 bits per heavy atom. The van der Waals surface area contributed by atoms with Crippen LogP contribution >= 0.6 is 0 Å². The van der Waals surface area contributed by atoms with Gasteiger partial charge in [0.25, 0.3) is 0 Å². The van der Waals surface area contributed by atoms with Gasteiger partial charge < -0.3 is 19.3 Å². The van der Waals surface area contributed by atoms with Gasteiger partial charge in [-0.1, -0.05) is 12.1 Å². The van der Waals surface area contributed by atoms with E-state index in [-0.39, 0.29) is 5.92 Å². The number of morpholine rings is 1. The summed E-state index contributed by atoms with van der Waals surface area (Å²) in [6, 6.07) is 10.1. The maximum Gasteiger partial charge on any atom is 0.231 e. The summed E-state index contributed by atoms with van der Waals surface area (Å²) in [5, 5.41) is 0. The Morgan fingerprint density at radius 1 is 1.12 bits per heavy atom. The van der Waals surface area contributed by atoms with Gasteiger partial charge in [0.2, 0.25) is 11.9 Å². The third-order valence-electron chi connectivity index (χ3n) is 7.40. The highest BCUT2D eigenvalue weighted by atomic mass is 16.5. The van der Waals surface area contributed by atoms with Crippen molar-refractivity contribution >= 4 is 11.9 Å². The average molecular weight is 452 g/mol. The molecule has 0 radical (unpaired) electrons. The number of anilines is 1. The highest BCUT2D eigenvalue weighted by Crippen LogP contribution is 2.45. The molecule has 0 bridgehead atoms. The standard InChI is InChI=1S/C25H33N5O3/c1-32-22-6-4-20(5-7-22)16-28-11-2-8-25(23(31)29-12-14-33-15-13-29)19-30(18-21(25)17-28)24-26-9-3-10-27-24/h3-7,9-10,21H,2,8,11-19H2,1H3/t21-,25-/m0/s1. The highest BCUT2D eigenvalue weighted by molar-refractivity contribution is 5.85. The molecule has 8 nitrogen and oxygen atoms in total. The Bertz CT molecular complexity index is 935. The van der Waals surface area contributed by atoms with Crippen molar-refractivity contribution in [2.45, 2.75) is 19.4 Å². The fourth-order valence-corrected chi connectivity index (χ4v) is 5.68. The first kappa shape index (κ1) is 22.1. The summed E-state index contributed by atoms with van der Waals surface area (Å²) in [6.07, 6.45) is 5.47. The maximum atomic E-state index is 14.0. The molecule has 176 valence electrons. The summed E-state index contributed by atoms with van der Waals surface area (Å²) in [4.78, 5) is 29.7. The second-order valence-corrected chi connectivity index (χ2v) is 9.37. The molecule has 4 heterocycles. The van der Waals surface area contributed by atoms with E-state index in [4.69, 9.17) is 9.47 Å². The van der Waals surface area contributed by atoms with Crippen LogP contribution in [0.4, 0.5) is 5.95 Å². The Kier molecular flexibility index (Phi) is 6.46. The molecule has 0 saturated carbocycles. The van der Waals surface area contributed by atoms with E-state index in [9.17, 15) is 4.79 Å². The van der Waals surface area contributed by atoms with Crippen molar-refractivity contribution < 1.29 is 14.3 Å². The topological polar surface area (TPSA) is 71.0 Å². The molecule has 2 atom stereocenters. The van der Waals surface area contributed by atoms with Gasteiger partial charge in [0.05, 0.1) is 25.7 Å². The van der Waals surface area contributed by atoms with Crippen LogP contribution in [0.2, 0.25) is 0 Å². The molecule has 3 saturated heterocycles. The zero-order chi connectivity index (χ0) is 22.7. The minimum atomic E-state index is -0.398. The number of likely N-dealkylation sites (tertiary alicyclic amines) is 1.